The van der Waals surface area contributed by atoms with Crippen LogP contribution in [0.5, 0.6) is 5.75 Å². The van der Waals surface area contributed by atoms with E-state index in [2.05, 4.69) is 5.32 Å². The quantitative estimate of drug-likeness (QED) is 0.660. The Kier molecular flexibility index (Phi) is 8.52. The molecule has 156 valence electrons. The molecule has 0 aliphatic rings. The van der Waals surface area contributed by atoms with Gasteiger partial charge in [0.05, 0.1) is 0 Å². The second-order valence-corrected chi connectivity index (χ2v) is 7.68. The number of rotatable bonds is 9. The van der Waals surface area contributed by atoms with Gasteiger partial charge in [-0.25, -0.2) is 0 Å². The molecule has 0 unspecified atom stereocenters. The van der Waals surface area contributed by atoms with Gasteiger partial charge in [0.25, 0.3) is 5.91 Å². The summed E-state index contributed by atoms with van der Waals surface area (Å²) < 4.78 is 5.61. The van der Waals surface area contributed by atoms with E-state index in [0.29, 0.717) is 17.3 Å². The van der Waals surface area contributed by atoms with E-state index in [4.69, 9.17) is 16.3 Å². The van der Waals surface area contributed by atoms with E-state index >= 15 is 0 Å². The lowest BCUT2D eigenvalue weighted by Crippen LogP contribution is -2.50. The monoisotopic (exact) mass is 416 g/mol. The summed E-state index contributed by atoms with van der Waals surface area (Å²) in [5.41, 5.74) is 2.09. The maximum absolute atomic E-state index is 13.0. The molecule has 29 heavy (non-hydrogen) atoms. The van der Waals surface area contributed by atoms with Crippen LogP contribution in [0.25, 0.3) is 0 Å². The molecular weight excluding hydrogens is 388 g/mol. The maximum atomic E-state index is 13.0. The van der Waals surface area contributed by atoms with E-state index in [1.165, 1.54) is 0 Å². The van der Waals surface area contributed by atoms with Crippen LogP contribution < -0.4 is 10.1 Å². The summed E-state index contributed by atoms with van der Waals surface area (Å²) in [6, 6.07) is 14.2. The molecule has 5 nitrogen and oxygen atoms in total. The molecular formula is C23H29ClN2O3. The molecule has 0 spiro atoms. The first-order chi connectivity index (χ1) is 13.8. The van der Waals surface area contributed by atoms with Crippen molar-refractivity contribution in [3.8, 4) is 5.75 Å². The molecule has 0 aliphatic heterocycles. The van der Waals surface area contributed by atoms with E-state index < -0.39 is 6.04 Å². The lowest BCUT2D eigenvalue weighted by atomic mass is 10.1. The minimum atomic E-state index is -0.624. The minimum Gasteiger partial charge on any atom is -0.484 e. The van der Waals surface area contributed by atoms with Gasteiger partial charge in [-0.3, -0.25) is 9.59 Å². The summed E-state index contributed by atoms with van der Waals surface area (Å²) >= 11 is 5.97. The zero-order valence-corrected chi connectivity index (χ0v) is 18.2. The summed E-state index contributed by atoms with van der Waals surface area (Å²) in [6.45, 7) is 7.85. The third-order valence-corrected chi connectivity index (χ3v) is 5.04. The van der Waals surface area contributed by atoms with Crippen LogP contribution in [0.4, 0.5) is 0 Å². The molecule has 0 radical (unpaired) electrons. The van der Waals surface area contributed by atoms with Gasteiger partial charge >= 0.3 is 0 Å². The molecule has 0 fully saturated rings. The van der Waals surface area contributed by atoms with Crippen molar-refractivity contribution >= 4 is 23.4 Å². The first-order valence-electron chi connectivity index (χ1n) is 9.84. The van der Waals surface area contributed by atoms with Crippen LogP contribution in [-0.2, 0) is 16.1 Å². The molecule has 0 saturated heterocycles. The zero-order chi connectivity index (χ0) is 21.4. The van der Waals surface area contributed by atoms with Crippen molar-refractivity contribution in [2.75, 3.05) is 6.61 Å². The van der Waals surface area contributed by atoms with Crippen LogP contribution in [0.2, 0.25) is 5.02 Å². The highest BCUT2D eigenvalue weighted by Gasteiger charge is 2.27. The fourth-order valence-electron chi connectivity index (χ4n) is 2.72. The number of nitrogens with one attached hydrogen (secondary N) is 1. The van der Waals surface area contributed by atoms with Crippen molar-refractivity contribution in [3.63, 3.8) is 0 Å². The van der Waals surface area contributed by atoms with Gasteiger partial charge in [-0.05, 0) is 51.0 Å². The number of carbonyl (C=O) groups is 2. The van der Waals surface area contributed by atoms with E-state index in [1.54, 1.807) is 36.1 Å². The third-order valence-electron chi connectivity index (χ3n) is 4.80. The number of amides is 2. The Labute approximate surface area is 178 Å². The molecule has 0 heterocycles. The summed E-state index contributed by atoms with van der Waals surface area (Å²) in [6.07, 6.45) is 0.822. The second-order valence-electron chi connectivity index (χ2n) is 7.25. The Morgan fingerprint density at radius 2 is 1.83 bits per heavy atom. The van der Waals surface area contributed by atoms with Crippen LogP contribution in [0.3, 0.4) is 0 Å². The molecule has 0 saturated carbocycles. The van der Waals surface area contributed by atoms with Gasteiger partial charge in [-0.1, -0.05) is 54.4 Å². The van der Waals surface area contributed by atoms with Crippen LogP contribution in [0.15, 0.2) is 48.5 Å². The predicted octanol–water partition coefficient (Wildman–Crippen LogP) is 4.36. The molecule has 6 heteroatoms. The highest BCUT2D eigenvalue weighted by molar-refractivity contribution is 6.30. The molecule has 2 rings (SSSR count). The number of hydrogen-bond acceptors (Lipinski definition) is 3. The van der Waals surface area contributed by atoms with Crippen molar-refractivity contribution in [1.29, 1.82) is 0 Å². The van der Waals surface area contributed by atoms with Crippen molar-refractivity contribution < 1.29 is 14.3 Å². The van der Waals surface area contributed by atoms with Crippen molar-refractivity contribution in [3.05, 3.63) is 64.7 Å². The zero-order valence-electron chi connectivity index (χ0n) is 17.4. The Morgan fingerprint density at radius 1 is 1.14 bits per heavy atom. The van der Waals surface area contributed by atoms with Gasteiger partial charge < -0.3 is 15.0 Å². The fourth-order valence-corrected chi connectivity index (χ4v) is 2.90. The molecule has 2 atom stereocenters. The standard InChI is InChI=1S/C23H29ClN2O3/c1-5-17(3)25-23(28)18(4)26(14-19-11-9-16(2)10-12-19)22(27)15-29-21-8-6-7-20(24)13-21/h6-13,17-18H,5,14-15H2,1-4H3,(H,25,28)/t17-,18+/m0/s1. The molecule has 1 N–H and O–H groups in total. The lowest BCUT2D eigenvalue weighted by Gasteiger charge is -2.29. The normalized spacial score (nSPS) is 12.7. The Bertz CT molecular complexity index is 823. The number of ether oxygens (including phenoxy) is 1. The predicted molar refractivity (Wildman–Crippen MR) is 116 cm³/mol. The number of aryl methyl sites for hydroxylation is 1. The summed E-state index contributed by atoms with van der Waals surface area (Å²) in [5, 5.41) is 3.48. The average molecular weight is 417 g/mol. The second kappa shape index (κ2) is 10.9. The number of carbonyl (C=O) groups excluding carboxylic acids is 2. The Balaban J connectivity index is 2.14. The minimum absolute atomic E-state index is 0.0454. The fraction of sp³-hybridized carbons (Fsp3) is 0.391. The maximum Gasteiger partial charge on any atom is 0.261 e. The average Bonchev–Trinajstić information content (AvgIpc) is 2.71. The molecule has 0 bridgehead atoms. The molecule has 0 aromatic heterocycles. The topological polar surface area (TPSA) is 58.6 Å². The van der Waals surface area contributed by atoms with E-state index in [-0.39, 0.29) is 24.5 Å². The number of hydrogen-bond donors (Lipinski definition) is 1. The van der Waals surface area contributed by atoms with Gasteiger partial charge in [0.2, 0.25) is 5.91 Å². The Hall–Kier alpha value is -2.53. The largest absolute Gasteiger partial charge is 0.484 e. The number of nitrogens with zero attached hydrogens (tertiary/aromatic N) is 1. The SMILES string of the molecule is CC[C@H](C)NC(=O)[C@@H](C)N(Cc1ccc(C)cc1)C(=O)COc1cccc(Cl)c1. The third kappa shape index (κ3) is 7.09. The summed E-state index contributed by atoms with van der Waals surface area (Å²) in [4.78, 5) is 27.2. The van der Waals surface area contributed by atoms with Gasteiger partial charge in [0.15, 0.2) is 6.61 Å². The first-order valence-corrected chi connectivity index (χ1v) is 10.2. The Morgan fingerprint density at radius 3 is 2.45 bits per heavy atom. The summed E-state index contributed by atoms with van der Waals surface area (Å²) in [7, 11) is 0. The first kappa shape index (κ1) is 22.8. The molecule has 2 amide bonds. The van der Waals surface area contributed by atoms with Gasteiger partial charge in [0, 0.05) is 17.6 Å². The van der Waals surface area contributed by atoms with Gasteiger partial charge in [-0.15, -0.1) is 0 Å². The van der Waals surface area contributed by atoms with Gasteiger partial charge in [-0.2, -0.15) is 0 Å². The smallest absolute Gasteiger partial charge is 0.261 e. The highest BCUT2D eigenvalue weighted by Crippen LogP contribution is 2.18. The molecule has 0 aliphatic carbocycles. The highest BCUT2D eigenvalue weighted by atomic mass is 35.5. The van der Waals surface area contributed by atoms with E-state index in [9.17, 15) is 9.59 Å². The molecule has 2 aromatic carbocycles. The molecule has 2 aromatic rings. The number of halogens is 1. The lowest BCUT2D eigenvalue weighted by molar-refractivity contribution is -0.142. The van der Waals surface area contributed by atoms with Crippen molar-refractivity contribution in [2.45, 2.75) is 52.7 Å². The van der Waals surface area contributed by atoms with Crippen molar-refractivity contribution in [2.24, 2.45) is 0 Å². The summed E-state index contributed by atoms with van der Waals surface area (Å²) in [5.74, 6) is 0.0674. The van der Waals surface area contributed by atoms with Crippen molar-refractivity contribution in [1.82, 2.24) is 10.2 Å². The van der Waals surface area contributed by atoms with Gasteiger partial charge in [0.1, 0.15) is 11.8 Å². The van der Waals surface area contributed by atoms with Crippen LogP contribution in [-0.4, -0.2) is 35.4 Å². The number of benzene rings is 2. The van der Waals surface area contributed by atoms with E-state index in [0.717, 1.165) is 17.5 Å². The van der Waals surface area contributed by atoms with Crippen LogP contribution in [0, 0.1) is 6.92 Å². The van der Waals surface area contributed by atoms with Crippen LogP contribution >= 0.6 is 11.6 Å². The van der Waals surface area contributed by atoms with Crippen LogP contribution in [0.1, 0.15) is 38.3 Å². The van der Waals surface area contributed by atoms with E-state index in [1.807, 2.05) is 45.0 Å².